The first kappa shape index (κ1) is 17.7. The molecule has 0 aliphatic rings. The number of esters is 1. The van der Waals surface area contributed by atoms with Gasteiger partial charge in [0.05, 0.1) is 12.7 Å². The molecule has 0 saturated heterocycles. The quantitative estimate of drug-likeness (QED) is 0.689. The van der Waals surface area contributed by atoms with E-state index >= 15 is 0 Å². The Hall–Kier alpha value is -2.61. The van der Waals surface area contributed by atoms with Gasteiger partial charge in [0, 0.05) is 29.4 Å². The highest BCUT2D eigenvalue weighted by Crippen LogP contribution is 2.37. The number of aryl methyl sites for hydroxylation is 1. The summed E-state index contributed by atoms with van der Waals surface area (Å²) in [6, 6.07) is 4.36. The van der Waals surface area contributed by atoms with Crippen molar-refractivity contribution in [3.05, 3.63) is 49.8 Å². The number of hydrogen-bond acceptors (Lipinski definition) is 5. The monoisotopic (exact) mass is 394 g/mol. The summed E-state index contributed by atoms with van der Waals surface area (Å²) in [6.45, 7) is 1.58. The molecule has 3 N–H and O–H groups in total. The van der Waals surface area contributed by atoms with Gasteiger partial charge in [-0.2, -0.15) is 0 Å². The number of aromatic amines is 1. The van der Waals surface area contributed by atoms with E-state index in [2.05, 4.69) is 26.2 Å². The van der Waals surface area contributed by atoms with Crippen LogP contribution in [-0.2, 0) is 4.74 Å². The van der Waals surface area contributed by atoms with Gasteiger partial charge in [-0.05, 0) is 41.1 Å². The molecule has 0 bridgehead atoms. The minimum absolute atomic E-state index is 0.0655. The lowest BCUT2D eigenvalue weighted by atomic mass is 9.95. The van der Waals surface area contributed by atoms with Crippen LogP contribution in [0.3, 0.4) is 0 Å². The minimum Gasteiger partial charge on any atom is -0.506 e. The number of aromatic nitrogens is 1. The molecule has 8 heteroatoms. The van der Waals surface area contributed by atoms with Gasteiger partial charge in [-0.25, -0.2) is 4.79 Å². The molecule has 1 aromatic carbocycles. The predicted octanol–water partition coefficient (Wildman–Crippen LogP) is 1.96. The summed E-state index contributed by atoms with van der Waals surface area (Å²) in [4.78, 5) is 38.2. The maximum Gasteiger partial charge on any atom is 0.338 e. The highest BCUT2D eigenvalue weighted by molar-refractivity contribution is 9.10. The largest absolute Gasteiger partial charge is 0.506 e. The van der Waals surface area contributed by atoms with Crippen molar-refractivity contribution >= 4 is 27.8 Å². The standard InChI is InChI=1S/C16H15BrN2O5/c1-7-11(13(20)12(17)15(22)19-7)10-6-8(14(21)18-2)4-5-9(10)16(23)24-3/h4-6H,1-3H3,(H,18,21)(H2,19,20,22). The van der Waals surface area contributed by atoms with E-state index in [9.17, 15) is 19.5 Å². The maximum absolute atomic E-state index is 12.0. The summed E-state index contributed by atoms with van der Waals surface area (Å²) < 4.78 is 4.69. The zero-order chi connectivity index (χ0) is 18.0. The molecule has 24 heavy (non-hydrogen) atoms. The highest BCUT2D eigenvalue weighted by Gasteiger charge is 2.22. The van der Waals surface area contributed by atoms with Crippen molar-refractivity contribution in [3.8, 4) is 16.9 Å². The molecule has 126 valence electrons. The van der Waals surface area contributed by atoms with Gasteiger partial charge in [0.2, 0.25) is 0 Å². The fourth-order valence-corrected chi connectivity index (χ4v) is 2.63. The normalized spacial score (nSPS) is 10.3. The first-order valence-electron chi connectivity index (χ1n) is 6.88. The zero-order valence-corrected chi connectivity index (χ0v) is 14.8. The molecule has 0 unspecified atom stereocenters. The fraction of sp³-hybridized carbons (Fsp3) is 0.188. The number of carbonyl (C=O) groups is 2. The molecule has 1 heterocycles. The van der Waals surface area contributed by atoms with Gasteiger partial charge < -0.3 is 20.1 Å². The lowest BCUT2D eigenvalue weighted by molar-refractivity contribution is 0.0601. The average molecular weight is 395 g/mol. The predicted molar refractivity (Wildman–Crippen MR) is 91.3 cm³/mol. The van der Waals surface area contributed by atoms with Crippen LogP contribution in [0, 0.1) is 6.92 Å². The molecule has 2 aromatic rings. The molecule has 2 rings (SSSR count). The van der Waals surface area contributed by atoms with Crippen LogP contribution in [0.15, 0.2) is 27.5 Å². The van der Waals surface area contributed by atoms with E-state index < -0.39 is 11.5 Å². The summed E-state index contributed by atoms with van der Waals surface area (Å²) >= 11 is 3.01. The number of halogens is 1. The van der Waals surface area contributed by atoms with Crippen molar-refractivity contribution < 1.29 is 19.4 Å². The number of benzene rings is 1. The van der Waals surface area contributed by atoms with Gasteiger partial charge in [-0.1, -0.05) is 0 Å². The summed E-state index contributed by atoms with van der Waals surface area (Å²) in [5, 5.41) is 12.8. The number of hydrogen-bond donors (Lipinski definition) is 3. The van der Waals surface area contributed by atoms with E-state index in [1.807, 2.05) is 0 Å². The third-order valence-electron chi connectivity index (χ3n) is 3.50. The Labute approximate surface area is 145 Å². The molecule has 0 aliphatic carbocycles. The Morgan fingerprint density at radius 2 is 2.00 bits per heavy atom. The van der Waals surface area contributed by atoms with Crippen molar-refractivity contribution in [3.63, 3.8) is 0 Å². The van der Waals surface area contributed by atoms with E-state index in [4.69, 9.17) is 4.74 Å². The Kier molecular flexibility index (Phi) is 5.08. The Morgan fingerprint density at radius 1 is 1.33 bits per heavy atom. The molecule has 0 spiro atoms. The molecule has 1 amide bonds. The second-order valence-corrected chi connectivity index (χ2v) is 5.74. The van der Waals surface area contributed by atoms with E-state index in [1.165, 1.54) is 32.4 Å². The number of methoxy groups -OCH3 is 1. The second kappa shape index (κ2) is 6.88. The Bertz CT molecular complexity index is 889. The van der Waals surface area contributed by atoms with Gasteiger partial charge >= 0.3 is 5.97 Å². The van der Waals surface area contributed by atoms with Crippen LogP contribution in [0.4, 0.5) is 0 Å². The minimum atomic E-state index is -0.630. The molecule has 0 fully saturated rings. The maximum atomic E-state index is 12.0. The van der Waals surface area contributed by atoms with Crippen molar-refractivity contribution in [1.82, 2.24) is 10.3 Å². The summed E-state index contributed by atoms with van der Waals surface area (Å²) in [5.74, 6) is -1.31. The van der Waals surface area contributed by atoms with Crippen molar-refractivity contribution in [2.45, 2.75) is 6.92 Å². The van der Waals surface area contributed by atoms with E-state index in [1.54, 1.807) is 6.92 Å². The van der Waals surface area contributed by atoms with Crippen LogP contribution >= 0.6 is 15.9 Å². The third-order valence-corrected chi connectivity index (χ3v) is 4.24. The van der Waals surface area contributed by atoms with Crippen molar-refractivity contribution in [2.24, 2.45) is 0 Å². The SMILES string of the molecule is CNC(=O)c1ccc(C(=O)OC)c(-c2c(C)[nH]c(=O)c(Br)c2O)c1. The molecule has 0 radical (unpaired) electrons. The number of amides is 1. The van der Waals surface area contributed by atoms with Gasteiger partial charge in [0.15, 0.2) is 0 Å². The summed E-state index contributed by atoms with van der Waals surface area (Å²) in [5.41, 5.74) is 0.794. The Morgan fingerprint density at radius 3 is 2.58 bits per heavy atom. The van der Waals surface area contributed by atoms with Crippen LogP contribution < -0.4 is 10.9 Å². The van der Waals surface area contributed by atoms with Gasteiger partial charge in [-0.15, -0.1) is 0 Å². The number of aromatic hydroxyl groups is 1. The third kappa shape index (κ3) is 3.05. The number of H-pyrrole nitrogens is 1. The smallest absolute Gasteiger partial charge is 0.338 e. The summed E-state index contributed by atoms with van der Waals surface area (Å²) in [6.07, 6.45) is 0. The van der Waals surface area contributed by atoms with Crippen LogP contribution in [-0.4, -0.2) is 36.1 Å². The van der Waals surface area contributed by atoms with E-state index in [-0.39, 0.29) is 32.8 Å². The molecule has 7 nitrogen and oxygen atoms in total. The number of nitrogens with one attached hydrogen (secondary N) is 2. The summed E-state index contributed by atoms with van der Waals surface area (Å²) in [7, 11) is 2.71. The van der Waals surface area contributed by atoms with Crippen LogP contribution in [0.25, 0.3) is 11.1 Å². The lowest BCUT2D eigenvalue weighted by Crippen LogP contribution is -2.18. The van der Waals surface area contributed by atoms with Crippen LogP contribution in [0.2, 0.25) is 0 Å². The number of ether oxygens (including phenoxy) is 1. The number of pyridine rings is 1. The molecule has 0 atom stereocenters. The van der Waals surface area contributed by atoms with Crippen LogP contribution in [0.5, 0.6) is 5.75 Å². The van der Waals surface area contributed by atoms with Crippen LogP contribution in [0.1, 0.15) is 26.4 Å². The highest BCUT2D eigenvalue weighted by atomic mass is 79.9. The number of carbonyl (C=O) groups excluding carboxylic acids is 2. The van der Waals surface area contributed by atoms with Crippen molar-refractivity contribution in [1.29, 1.82) is 0 Å². The molecular formula is C16H15BrN2O5. The van der Waals surface area contributed by atoms with E-state index in [0.29, 0.717) is 11.3 Å². The van der Waals surface area contributed by atoms with Gasteiger partial charge in [0.25, 0.3) is 11.5 Å². The average Bonchev–Trinajstić information content (AvgIpc) is 2.58. The van der Waals surface area contributed by atoms with Gasteiger partial charge in [0.1, 0.15) is 10.2 Å². The first-order valence-corrected chi connectivity index (χ1v) is 7.67. The molecule has 0 saturated carbocycles. The molecule has 1 aromatic heterocycles. The van der Waals surface area contributed by atoms with Crippen molar-refractivity contribution in [2.75, 3.05) is 14.2 Å². The van der Waals surface area contributed by atoms with E-state index in [0.717, 1.165) is 0 Å². The zero-order valence-electron chi connectivity index (χ0n) is 13.2. The topological polar surface area (TPSA) is 108 Å². The first-order chi connectivity index (χ1) is 11.3. The van der Waals surface area contributed by atoms with Gasteiger partial charge in [-0.3, -0.25) is 9.59 Å². The number of rotatable bonds is 3. The Balaban J connectivity index is 2.85. The second-order valence-electron chi connectivity index (χ2n) is 4.95. The molecular weight excluding hydrogens is 380 g/mol. The fourth-order valence-electron chi connectivity index (χ4n) is 2.34. The lowest BCUT2D eigenvalue weighted by Gasteiger charge is -2.14. The molecule has 0 aliphatic heterocycles.